The van der Waals surface area contributed by atoms with Crippen molar-refractivity contribution in [1.82, 2.24) is 9.55 Å². The van der Waals surface area contributed by atoms with Gasteiger partial charge in [-0.25, -0.2) is 0 Å². The van der Waals surface area contributed by atoms with Crippen LogP contribution < -0.4 is 9.30 Å². The Labute approximate surface area is 262 Å². The average molecular weight is 731 g/mol. The SMILES string of the molecule is Cc1cc(C)c(-[n+]2[c-]n(-c3[c-]c(Oc4[c-]c(-c5cc(C(C)(C)C)ccn5)ccc4)ccc3)c3ccccc32)c(C)c1.[Pt]. The number of pyridine rings is 1. The minimum absolute atomic E-state index is 0. The van der Waals surface area contributed by atoms with Crippen LogP contribution in [0.3, 0.4) is 0 Å². The minimum Gasteiger partial charge on any atom is -0.503 e. The Kier molecular flexibility index (Phi) is 8.21. The van der Waals surface area contributed by atoms with Crippen LogP contribution in [0, 0.1) is 39.2 Å². The number of imidazole rings is 1. The topological polar surface area (TPSA) is 30.9 Å². The first kappa shape index (κ1) is 29.5. The molecule has 6 rings (SSSR count). The van der Waals surface area contributed by atoms with E-state index in [9.17, 15) is 0 Å². The van der Waals surface area contributed by atoms with Gasteiger partial charge in [-0.1, -0.05) is 74.9 Å². The number of hydrogen-bond acceptors (Lipinski definition) is 2. The zero-order chi connectivity index (χ0) is 28.7. The zero-order valence-corrected chi connectivity index (χ0v) is 27.0. The van der Waals surface area contributed by atoms with E-state index in [1.807, 2.05) is 47.2 Å². The number of hydrogen-bond donors (Lipinski definition) is 0. The van der Waals surface area contributed by atoms with E-state index in [0.717, 1.165) is 33.7 Å². The Morgan fingerprint density at radius 2 is 1.48 bits per heavy atom. The fourth-order valence-electron chi connectivity index (χ4n) is 5.38. The predicted octanol–water partition coefficient (Wildman–Crippen LogP) is 8.38. The van der Waals surface area contributed by atoms with E-state index in [-0.39, 0.29) is 26.5 Å². The number of aryl methyl sites for hydroxylation is 3. The van der Waals surface area contributed by atoms with Crippen molar-refractivity contribution < 1.29 is 30.4 Å². The van der Waals surface area contributed by atoms with Gasteiger partial charge in [0.25, 0.3) is 6.33 Å². The molecule has 42 heavy (non-hydrogen) atoms. The van der Waals surface area contributed by atoms with Crippen LogP contribution >= 0.6 is 0 Å². The quantitative estimate of drug-likeness (QED) is 0.132. The standard InChI is InChI=1S/C37H33N3O.Pt/c1-25-19-26(2)36(27(3)20-25)40-24-39(34-15-7-8-16-35(34)40)30-12-10-14-32(23-30)41-31-13-9-11-28(21-31)33-22-29(17-18-38-33)37(4,5)6;/h7-20,22H,1-6H3;/q-2;. The summed E-state index contributed by atoms with van der Waals surface area (Å²) in [7, 11) is 0. The van der Waals surface area contributed by atoms with E-state index in [1.54, 1.807) is 0 Å². The van der Waals surface area contributed by atoms with Crippen LogP contribution in [0.5, 0.6) is 11.5 Å². The second-order valence-electron chi connectivity index (χ2n) is 11.6. The van der Waals surface area contributed by atoms with Gasteiger partial charge in [0.15, 0.2) is 0 Å². The summed E-state index contributed by atoms with van der Waals surface area (Å²) in [5.74, 6) is 1.22. The Morgan fingerprint density at radius 3 is 2.21 bits per heavy atom. The second-order valence-corrected chi connectivity index (χ2v) is 11.6. The van der Waals surface area contributed by atoms with Gasteiger partial charge in [0.05, 0.1) is 16.7 Å². The minimum atomic E-state index is 0. The number of fused-ring (bicyclic) bond motifs is 1. The maximum absolute atomic E-state index is 6.28. The van der Waals surface area contributed by atoms with Crippen LogP contribution in [0.4, 0.5) is 0 Å². The normalized spacial score (nSPS) is 11.4. The molecule has 0 aliphatic carbocycles. The molecule has 6 aromatic rings. The molecule has 4 aromatic carbocycles. The summed E-state index contributed by atoms with van der Waals surface area (Å²) in [5.41, 5.74) is 10.8. The largest absolute Gasteiger partial charge is 0.503 e. The molecule has 0 aliphatic rings. The van der Waals surface area contributed by atoms with Crippen LogP contribution in [-0.2, 0) is 26.5 Å². The summed E-state index contributed by atoms with van der Waals surface area (Å²) in [6.07, 6.45) is 5.45. The fraction of sp³-hybridized carbons (Fsp3) is 0.189. The van der Waals surface area contributed by atoms with Crippen molar-refractivity contribution in [2.24, 2.45) is 0 Å². The summed E-state index contributed by atoms with van der Waals surface area (Å²) >= 11 is 0. The first-order valence-corrected chi connectivity index (χ1v) is 13.9. The number of nitrogens with zero attached hydrogens (tertiary/aromatic N) is 3. The van der Waals surface area contributed by atoms with Gasteiger partial charge in [-0.05, 0) is 60.3 Å². The Morgan fingerprint density at radius 1 is 0.786 bits per heavy atom. The van der Waals surface area contributed by atoms with Crippen molar-refractivity contribution in [3.8, 4) is 34.1 Å². The number of aromatic nitrogens is 3. The van der Waals surface area contributed by atoms with Gasteiger partial charge in [-0.2, -0.15) is 12.1 Å². The molecule has 0 atom stereocenters. The number of ether oxygens (including phenoxy) is 1. The van der Waals surface area contributed by atoms with E-state index in [4.69, 9.17) is 4.74 Å². The molecule has 0 saturated heterocycles. The summed E-state index contributed by atoms with van der Waals surface area (Å²) in [6.45, 7) is 13.1. The third-order valence-electron chi connectivity index (χ3n) is 7.31. The maximum Gasteiger partial charge on any atom is 0.268 e. The zero-order valence-electron chi connectivity index (χ0n) is 24.7. The number of benzene rings is 4. The van der Waals surface area contributed by atoms with Crippen LogP contribution in [0.25, 0.3) is 33.7 Å². The van der Waals surface area contributed by atoms with E-state index in [1.165, 1.54) is 22.3 Å². The van der Waals surface area contributed by atoms with Gasteiger partial charge in [0.2, 0.25) is 0 Å². The summed E-state index contributed by atoms with van der Waals surface area (Å²) < 4.78 is 10.5. The molecule has 0 bridgehead atoms. The van der Waals surface area contributed by atoms with E-state index < -0.39 is 0 Å². The van der Waals surface area contributed by atoms with Crippen molar-refractivity contribution in [2.45, 2.75) is 47.0 Å². The summed E-state index contributed by atoms with van der Waals surface area (Å²) in [4.78, 5) is 4.59. The molecule has 0 amide bonds. The molecule has 0 saturated carbocycles. The summed E-state index contributed by atoms with van der Waals surface area (Å²) in [6, 6.07) is 35.6. The van der Waals surface area contributed by atoms with Gasteiger partial charge in [-0.15, -0.1) is 35.9 Å². The van der Waals surface area contributed by atoms with Crippen LogP contribution in [0.15, 0.2) is 91.1 Å². The van der Waals surface area contributed by atoms with Crippen molar-refractivity contribution in [3.05, 3.63) is 132 Å². The molecule has 2 aromatic heterocycles. The third-order valence-corrected chi connectivity index (χ3v) is 7.31. The molecule has 0 aliphatic heterocycles. The molecular formula is C37H33N3OPt-2. The predicted molar refractivity (Wildman–Crippen MR) is 164 cm³/mol. The van der Waals surface area contributed by atoms with Crippen molar-refractivity contribution >= 4 is 11.0 Å². The van der Waals surface area contributed by atoms with Gasteiger partial charge in [-0.3, -0.25) is 4.57 Å². The molecular weight excluding hydrogens is 698 g/mol. The molecule has 0 N–H and O–H groups in total. The first-order chi connectivity index (χ1) is 19.7. The molecule has 5 heteroatoms. The van der Waals surface area contributed by atoms with Crippen LogP contribution in [0.2, 0.25) is 0 Å². The molecule has 0 fully saturated rings. The number of para-hydroxylation sites is 2. The first-order valence-electron chi connectivity index (χ1n) is 13.9. The fourth-order valence-corrected chi connectivity index (χ4v) is 5.38. The molecule has 4 nitrogen and oxygen atoms in total. The van der Waals surface area contributed by atoms with Gasteiger partial charge in [0, 0.05) is 38.8 Å². The molecule has 214 valence electrons. The van der Waals surface area contributed by atoms with E-state index in [0.29, 0.717) is 11.5 Å². The molecule has 0 radical (unpaired) electrons. The van der Waals surface area contributed by atoms with E-state index >= 15 is 0 Å². The summed E-state index contributed by atoms with van der Waals surface area (Å²) in [5, 5.41) is 0. The van der Waals surface area contributed by atoms with Crippen molar-refractivity contribution in [2.75, 3.05) is 0 Å². The molecule has 2 heterocycles. The van der Waals surface area contributed by atoms with Crippen molar-refractivity contribution in [3.63, 3.8) is 0 Å². The second kappa shape index (κ2) is 11.7. The van der Waals surface area contributed by atoms with Gasteiger partial charge >= 0.3 is 0 Å². The smallest absolute Gasteiger partial charge is 0.268 e. The molecule has 0 spiro atoms. The van der Waals surface area contributed by atoms with Gasteiger partial charge < -0.3 is 14.3 Å². The van der Waals surface area contributed by atoms with Crippen LogP contribution in [-0.4, -0.2) is 9.55 Å². The monoisotopic (exact) mass is 730 g/mol. The van der Waals surface area contributed by atoms with Crippen LogP contribution in [0.1, 0.15) is 43.0 Å². The Balaban J connectivity index is 0.00000353. The third kappa shape index (κ3) is 5.82. The number of rotatable bonds is 5. The van der Waals surface area contributed by atoms with Crippen molar-refractivity contribution in [1.29, 1.82) is 0 Å². The van der Waals surface area contributed by atoms with Gasteiger partial charge in [0.1, 0.15) is 0 Å². The Hall–Kier alpha value is -4.01. The average Bonchev–Trinajstić information content (AvgIpc) is 3.32. The maximum atomic E-state index is 6.28. The Bertz CT molecular complexity index is 1870. The van der Waals surface area contributed by atoms with E-state index in [2.05, 4.69) is 118 Å². The molecule has 0 unspecified atom stereocenters.